The number of amides is 1. The molecule has 0 aliphatic carbocycles. The van der Waals surface area contributed by atoms with Crippen molar-refractivity contribution in [1.29, 1.82) is 0 Å². The third-order valence-corrected chi connectivity index (χ3v) is 5.98. The molecule has 0 bridgehead atoms. The molecule has 4 nitrogen and oxygen atoms in total. The van der Waals surface area contributed by atoms with Crippen LogP contribution in [0.3, 0.4) is 0 Å². The van der Waals surface area contributed by atoms with Crippen LogP contribution in [0.1, 0.15) is 93.5 Å². The van der Waals surface area contributed by atoms with Gasteiger partial charge in [0, 0.05) is 18.5 Å². The van der Waals surface area contributed by atoms with Gasteiger partial charge in [-0.15, -0.1) is 0 Å². The molecule has 0 aromatic heterocycles. The lowest BCUT2D eigenvalue weighted by atomic mass is 9.85. The second-order valence-electron chi connectivity index (χ2n) is 8.07. The molecule has 1 amide bonds. The zero-order chi connectivity index (χ0) is 19.1. The molecule has 0 radical (unpaired) electrons. The van der Waals surface area contributed by atoms with Gasteiger partial charge in [-0.05, 0) is 25.3 Å². The lowest BCUT2D eigenvalue weighted by Crippen LogP contribution is -2.48. The maximum Gasteiger partial charge on any atom is 0.339 e. The number of carbonyl (C=O) groups is 2. The van der Waals surface area contributed by atoms with Crippen molar-refractivity contribution >= 4 is 11.9 Å². The monoisotopic (exact) mass is 371 g/mol. The minimum atomic E-state index is -0.624. The number of benzene rings is 1. The van der Waals surface area contributed by atoms with E-state index in [9.17, 15) is 9.59 Å². The van der Waals surface area contributed by atoms with Crippen LogP contribution in [0.5, 0.6) is 0 Å². The van der Waals surface area contributed by atoms with Crippen molar-refractivity contribution in [2.45, 2.75) is 83.2 Å². The fourth-order valence-electron chi connectivity index (χ4n) is 4.45. The first kappa shape index (κ1) is 19.9. The molecule has 3 rings (SSSR count). The van der Waals surface area contributed by atoms with Crippen LogP contribution >= 0.6 is 0 Å². The topological polar surface area (TPSA) is 46.6 Å². The predicted octanol–water partition coefficient (Wildman–Crippen LogP) is 5.21. The lowest BCUT2D eigenvalue weighted by Gasteiger charge is -2.39. The van der Waals surface area contributed by atoms with Gasteiger partial charge in [0.25, 0.3) is 0 Å². The van der Waals surface area contributed by atoms with Crippen LogP contribution in [-0.4, -0.2) is 29.9 Å². The van der Waals surface area contributed by atoms with Gasteiger partial charge in [-0.25, -0.2) is 4.79 Å². The Morgan fingerprint density at radius 1 is 1.07 bits per heavy atom. The van der Waals surface area contributed by atoms with Crippen LogP contribution in [0.25, 0.3) is 0 Å². The normalized spacial score (nSPS) is 21.4. The molecule has 1 spiro atoms. The lowest BCUT2D eigenvalue weighted by molar-refractivity contribution is -0.138. The first-order valence-electron chi connectivity index (χ1n) is 10.8. The average molecular weight is 372 g/mol. The summed E-state index contributed by atoms with van der Waals surface area (Å²) in [6, 6.07) is 7.62. The molecule has 148 valence electrons. The van der Waals surface area contributed by atoms with Gasteiger partial charge in [0.2, 0.25) is 5.91 Å². The van der Waals surface area contributed by atoms with Crippen molar-refractivity contribution in [3.8, 4) is 0 Å². The highest BCUT2D eigenvalue weighted by molar-refractivity contribution is 5.95. The number of nitrogens with zero attached hydrogens (tertiary/aromatic N) is 1. The molecule has 2 heterocycles. The van der Waals surface area contributed by atoms with E-state index in [0.29, 0.717) is 18.5 Å². The number of carbonyl (C=O) groups excluding carboxylic acids is 2. The Kier molecular flexibility index (Phi) is 6.92. The summed E-state index contributed by atoms with van der Waals surface area (Å²) >= 11 is 0. The zero-order valence-electron chi connectivity index (χ0n) is 16.7. The summed E-state index contributed by atoms with van der Waals surface area (Å²) in [5.74, 6) is -0.0385. The number of hydrogen-bond acceptors (Lipinski definition) is 3. The van der Waals surface area contributed by atoms with Gasteiger partial charge >= 0.3 is 5.97 Å². The Morgan fingerprint density at radius 3 is 2.56 bits per heavy atom. The van der Waals surface area contributed by atoms with Gasteiger partial charge in [0.05, 0.1) is 12.1 Å². The summed E-state index contributed by atoms with van der Waals surface area (Å²) in [6.45, 7) is 3.52. The van der Waals surface area contributed by atoms with E-state index in [1.807, 2.05) is 29.2 Å². The zero-order valence-corrected chi connectivity index (χ0v) is 16.7. The number of hydrogen-bond donors (Lipinski definition) is 0. The molecule has 4 heteroatoms. The van der Waals surface area contributed by atoms with E-state index in [1.165, 1.54) is 38.5 Å². The largest absolute Gasteiger partial charge is 0.449 e. The van der Waals surface area contributed by atoms with Crippen molar-refractivity contribution in [1.82, 2.24) is 4.90 Å². The second kappa shape index (κ2) is 9.38. The molecule has 0 N–H and O–H groups in total. The number of piperidine rings is 1. The summed E-state index contributed by atoms with van der Waals surface area (Å²) in [7, 11) is 0. The van der Waals surface area contributed by atoms with Crippen molar-refractivity contribution in [3.63, 3.8) is 0 Å². The molecule has 1 aromatic rings. The van der Waals surface area contributed by atoms with Crippen LogP contribution in [-0.2, 0) is 15.1 Å². The summed E-state index contributed by atoms with van der Waals surface area (Å²) in [6.07, 6.45) is 12.2. The molecule has 2 aliphatic rings. The van der Waals surface area contributed by atoms with Crippen molar-refractivity contribution in [3.05, 3.63) is 35.4 Å². The number of esters is 1. The van der Waals surface area contributed by atoms with Gasteiger partial charge in [-0.1, -0.05) is 70.1 Å². The third kappa shape index (κ3) is 4.72. The number of ether oxygens (including phenoxy) is 1. The average Bonchev–Trinajstić information content (AvgIpc) is 2.95. The maximum absolute atomic E-state index is 12.7. The first-order chi connectivity index (χ1) is 13.2. The fourth-order valence-corrected chi connectivity index (χ4v) is 4.45. The van der Waals surface area contributed by atoms with Crippen LogP contribution in [0.4, 0.5) is 0 Å². The highest BCUT2D eigenvalue weighted by atomic mass is 16.6. The van der Waals surface area contributed by atoms with Crippen LogP contribution in [0.15, 0.2) is 24.3 Å². The van der Waals surface area contributed by atoms with Crippen molar-refractivity contribution in [2.75, 3.05) is 13.1 Å². The van der Waals surface area contributed by atoms with E-state index in [4.69, 9.17) is 4.74 Å². The Bertz CT molecular complexity index is 657. The highest BCUT2D eigenvalue weighted by Crippen LogP contribution is 2.42. The Hall–Kier alpha value is -1.84. The van der Waals surface area contributed by atoms with Gasteiger partial charge in [-0.3, -0.25) is 4.79 Å². The highest BCUT2D eigenvalue weighted by Gasteiger charge is 2.48. The Morgan fingerprint density at radius 2 is 1.78 bits per heavy atom. The van der Waals surface area contributed by atoms with Crippen molar-refractivity contribution in [2.24, 2.45) is 0 Å². The molecule has 1 unspecified atom stereocenters. The number of likely N-dealkylation sites (tertiary alicyclic amines) is 1. The molecule has 1 saturated heterocycles. The van der Waals surface area contributed by atoms with Gasteiger partial charge in [0.1, 0.15) is 0 Å². The minimum absolute atomic E-state index is 0.209. The smallest absolute Gasteiger partial charge is 0.339 e. The third-order valence-electron chi connectivity index (χ3n) is 5.98. The number of unbranched alkanes of at least 4 members (excludes halogenated alkanes) is 7. The molecular formula is C23H33NO3. The van der Waals surface area contributed by atoms with Crippen LogP contribution < -0.4 is 0 Å². The molecule has 1 aromatic carbocycles. The van der Waals surface area contributed by atoms with Crippen LogP contribution in [0.2, 0.25) is 0 Å². The molecule has 1 fully saturated rings. The molecule has 27 heavy (non-hydrogen) atoms. The molecule has 1 atom stereocenters. The van der Waals surface area contributed by atoms with E-state index in [-0.39, 0.29) is 11.9 Å². The molecule has 2 aliphatic heterocycles. The van der Waals surface area contributed by atoms with E-state index in [0.717, 1.165) is 37.8 Å². The fraction of sp³-hybridized carbons (Fsp3) is 0.652. The summed E-state index contributed by atoms with van der Waals surface area (Å²) in [5.41, 5.74) is 0.996. The first-order valence-corrected chi connectivity index (χ1v) is 10.8. The second-order valence-corrected chi connectivity index (χ2v) is 8.07. The number of rotatable bonds is 9. The predicted molar refractivity (Wildman–Crippen MR) is 107 cm³/mol. The Balaban J connectivity index is 1.46. The van der Waals surface area contributed by atoms with E-state index in [1.54, 1.807) is 0 Å². The summed E-state index contributed by atoms with van der Waals surface area (Å²) in [5, 5.41) is 0. The van der Waals surface area contributed by atoms with Crippen LogP contribution in [0, 0.1) is 0 Å². The minimum Gasteiger partial charge on any atom is -0.449 e. The van der Waals surface area contributed by atoms with Gasteiger partial charge in [-0.2, -0.15) is 0 Å². The van der Waals surface area contributed by atoms with Gasteiger partial charge in [0.15, 0.2) is 5.60 Å². The molecule has 0 saturated carbocycles. The van der Waals surface area contributed by atoms with E-state index in [2.05, 4.69) is 6.92 Å². The summed E-state index contributed by atoms with van der Waals surface area (Å²) < 4.78 is 5.80. The van der Waals surface area contributed by atoms with Gasteiger partial charge < -0.3 is 9.64 Å². The summed E-state index contributed by atoms with van der Waals surface area (Å²) in [4.78, 5) is 26.8. The molecular weight excluding hydrogens is 338 g/mol. The number of fused-ring (bicyclic) bond motifs is 2. The van der Waals surface area contributed by atoms with Crippen molar-refractivity contribution < 1.29 is 14.3 Å². The maximum atomic E-state index is 12.7. The SMILES string of the molecule is CCCCCCCCCCC(=O)N1CCCC2(C1)OC(=O)c1ccccc12. The van der Waals surface area contributed by atoms with E-state index >= 15 is 0 Å². The standard InChI is InChI=1S/C23H33NO3/c1-2-3-4-5-6-7-8-9-15-21(25)24-17-12-16-23(18-24)20-14-11-10-13-19(20)22(26)27-23/h10-11,13-14H,2-9,12,15-18H2,1H3. The van der Waals surface area contributed by atoms with E-state index < -0.39 is 5.60 Å². The Labute approximate surface area is 163 Å². The quantitative estimate of drug-likeness (QED) is 0.442.